The zero-order valence-corrected chi connectivity index (χ0v) is 17.5. The highest BCUT2D eigenvalue weighted by Gasteiger charge is 2.23. The van der Waals surface area contributed by atoms with Crippen molar-refractivity contribution in [1.82, 2.24) is 9.78 Å². The van der Waals surface area contributed by atoms with Gasteiger partial charge < -0.3 is 0 Å². The summed E-state index contributed by atoms with van der Waals surface area (Å²) in [6, 6.07) is 14.2. The Bertz CT molecular complexity index is 1220. The largest absolute Gasteiger partial charge is 0.221 e. The first kappa shape index (κ1) is 20.4. The van der Waals surface area contributed by atoms with Gasteiger partial charge in [0, 0.05) is 15.6 Å². The molecular weight excluding hydrogens is 441 g/mol. The van der Waals surface area contributed by atoms with E-state index in [1.54, 1.807) is 37.3 Å². The van der Waals surface area contributed by atoms with E-state index in [1.165, 1.54) is 35.0 Å². The SMILES string of the molecule is Cc1nn(-c2cccc(Cl)c2)c(Cl)c1C=C(C#N)S(=O)(=O)c1ccc(Cl)cc1. The number of rotatable bonds is 4. The fraction of sp³-hybridized carbons (Fsp3) is 0.0526. The number of hydrogen-bond acceptors (Lipinski definition) is 4. The van der Waals surface area contributed by atoms with Crippen LogP contribution in [0.15, 0.2) is 58.3 Å². The Morgan fingerprint density at radius 2 is 1.79 bits per heavy atom. The van der Waals surface area contributed by atoms with Crippen molar-refractivity contribution < 1.29 is 8.42 Å². The Balaban J connectivity index is 2.11. The van der Waals surface area contributed by atoms with Crippen LogP contribution in [-0.4, -0.2) is 18.2 Å². The van der Waals surface area contributed by atoms with E-state index in [1.807, 2.05) is 0 Å². The zero-order valence-electron chi connectivity index (χ0n) is 14.4. The molecule has 0 fully saturated rings. The smallest absolute Gasteiger partial charge is 0.216 e. The highest BCUT2D eigenvalue weighted by atomic mass is 35.5. The summed E-state index contributed by atoms with van der Waals surface area (Å²) in [5.41, 5.74) is 1.40. The Labute approximate surface area is 177 Å². The van der Waals surface area contributed by atoms with Crippen LogP contribution < -0.4 is 0 Å². The number of aryl methyl sites for hydroxylation is 1. The van der Waals surface area contributed by atoms with Gasteiger partial charge in [-0.05, 0) is 55.5 Å². The van der Waals surface area contributed by atoms with Crippen molar-refractivity contribution >= 4 is 50.7 Å². The summed E-state index contributed by atoms with van der Waals surface area (Å²) in [7, 11) is -4.04. The maximum absolute atomic E-state index is 12.8. The van der Waals surface area contributed by atoms with Crippen molar-refractivity contribution in [3.8, 4) is 11.8 Å². The highest BCUT2D eigenvalue weighted by molar-refractivity contribution is 7.95. The molecule has 0 aliphatic carbocycles. The van der Waals surface area contributed by atoms with Crippen LogP contribution in [0.1, 0.15) is 11.3 Å². The Hall–Kier alpha value is -2.30. The molecule has 0 saturated carbocycles. The number of benzene rings is 2. The van der Waals surface area contributed by atoms with Crippen LogP contribution in [-0.2, 0) is 9.84 Å². The second-order valence-electron chi connectivity index (χ2n) is 5.76. The lowest BCUT2D eigenvalue weighted by molar-refractivity contribution is 0.603. The third-order valence-corrected chi connectivity index (χ3v) is 6.43. The summed E-state index contributed by atoms with van der Waals surface area (Å²) in [5, 5.41) is 14.9. The van der Waals surface area contributed by atoms with Crippen LogP contribution in [0, 0.1) is 18.3 Å². The van der Waals surface area contributed by atoms with Gasteiger partial charge in [-0.2, -0.15) is 10.4 Å². The molecule has 0 aliphatic heterocycles. The average molecular weight is 453 g/mol. The van der Waals surface area contributed by atoms with Gasteiger partial charge in [-0.3, -0.25) is 0 Å². The third kappa shape index (κ3) is 3.94. The summed E-state index contributed by atoms with van der Waals surface area (Å²) < 4.78 is 27.0. The van der Waals surface area contributed by atoms with E-state index in [4.69, 9.17) is 34.8 Å². The van der Waals surface area contributed by atoms with E-state index >= 15 is 0 Å². The minimum atomic E-state index is -4.04. The molecule has 0 aliphatic rings. The molecule has 9 heteroatoms. The van der Waals surface area contributed by atoms with Crippen molar-refractivity contribution in [2.75, 3.05) is 0 Å². The van der Waals surface area contributed by atoms with Crippen molar-refractivity contribution in [3.05, 3.63) is 79.9 Å². The first-order chi connectivity index (χ1) is 13.2. The molecule has 5 nitrogen and oxygen atoms in total. The first-order valence-corrected chi connectivity index (χ1v) is 10.5. The number of nitrogens with zero attached hydrogens (tertiary/aromatic N) is 3. The number of halogens is 3. The summed E-state index contributed by atoms with van der Waals surface area (Å²) in [4.78, 5) is -0.494. The molecule has 0 saturated heterocycles. The summed E-state index contributed by atoms with van der Waals surface area (Å²) >= 11 is 18.2. The van der Waals surface area contributed by atoms with Gasteiger partial charge in [0.1, 0.15) is 16.1 Å². The molecule has 28 heavy (non-hydrogen) atoms. The topological polar surface area (TPSA) is 75.8 Å². The number of allylic oxidation sites excluding steroid dienone is 1. The van der Waals surface area contributed by atoms with E-state index in [0.717, 1.165) is 0 Å². The second-order valence-corrected chi connectivity index (χ2v) is 8.91. The molecule has 3 aromatic rings. The zero-order chi connectivity index (χ0) is 20.5. The maximum atomic E-state index is 12.8. The molecule has 142 valence electrons. The molecule has 1 aromatic heterocycles. The van der Waals surface area contributed by atoms with Crippen molar-refractivity contribution in [2.24, 2.45) is 0 Å². The standard InChI is InChI=1S/C19H12Cl3N3O2S/c1-12-18(19(22)25(24-12)15-4-2-3-14(21)9-15)10-17(11-23)28(26,27)16-7-5-13(20)6-8-16/h2-10H,1H3. The molecule has 0 atom stereocenters. The van der Waals surface area contributed by atoms with Crippen LogP contribution >= 0.6 is 34.8 Å². The maximum Gasteiger partial charge on any atom is 0.216 e. The molecule has 0 amide bonds. The summed E-state index contributed by atoms with van der Waals surface area (Å²) in [5.74, 6) is 0. The van der Waals surface area contributed by atoms with Gasteiger partial charge in [0.15, 0.2) is 0 Å². The van der Waals surface area contributed by atoms with Crippen LogP contribution in [0.25, 0.3) is 11.8 Å². The fourth-order valence-corrected chi connectivity index (χ4v) is 4.27. The minimum absolute atomic E-state index is 0.0410. The van der Waals surface area contributed by atoms with Crippen LogP contribution in [0.3, 0.4) is 0 Å². The number of sulfone groups is 1. The Morgan fingerprint density at radius 3 is 2.39 bits per heavy atom. The minimum Gasteiger partial charge on any atom is -0.221 e. The van der Waals surface area contributed by atoms with E-state index in [-0.39, 0.29) is 10.0 Å². The van der Waals surface area contributed by atoms with Crippen LogP contribution in [0.5, 0.6) is 0 Å². The lowest BCUT2D eigenvalue weighted by atomic mass is 10.2. The quantitative estimate of drug-likeness (QED) is 0.491. The highest BCUT2D eigenvalue weighted by Crippen LogP contribution is 2.29. The lowest BCUT2D eigenvalue weighted by Gasteiger charge is -2.04. The lowest BCUT2D eigenvalue weighted by Crippen LogP contribution is -2.03. The normalized spacial score (nSPS) is 12.0. The van der Waals surface area contributed by atoms with Gasteiger partial charge >= 0.3 is 0 Å². The molecular formula is C19H12Cl3N3O2S. The van der Waals surface area contributed by atoms with Crippen molar-refractivity contribution in [1.29, 1.82) is 5.26 Å². The van der Waals surface area contributed by atoms with Gasteiger partial charge in [-0.25, -0.2) is 13.1 Å². The van der Waals surface area contributed by atoms with Gasteiger partial charge in [0.05, 0.1) is 16.3 Å². The molecule has 3 rings (SSSR count). The van der Waals surface area contributed by atoms with Gasteiger partial charge in [0.2, 0.25) is 9.84 Å². The second kappa shape index (κ2) is 7.98. The fourth-order valence-electron chi connectivity index (χ4n) is 2.50. The molecule has 0 N–H and O–H groups in total. The van der Waals surface area contributed by atoms with E-state index < -0.39 is 14.7 Å². The monoisotopic (exact) mass is 451 g/mol. The van der Waals surface area contributed by atoms with Gasteiger partial charge in [0.25, 0.3) is 0 Å². The molecule has 2 aromatic carbocycles. The Morgan fingerprint density at radius 1 is 1.11 bits per heavy atom. The Kier molecular flexibility index (Phi) is 5.82. The third-order valence-electron chi connectivity index (χ3n) is 3.90. The van der Waals surface area contributed by atoms with Crippen molar-refractivity contribution in [3.63, 3.8) is 0 Å². The van der Waals surface area contributed by atoms with Gasteiger partial charge in [-0.1, -0.05) is 40.9 Å². The average Bonchev–Trinajstić information content (AvgIpc) is 2.94. The molecule has 0 unspecified atom stereocenters. The van der Waals surface area contributed by atoms with Crippen LogP contribution in [0.4, 0.5) is 0 Å². The number of aromatic nitrogens is 2. The summed E-state index contributed by atoms with van der Waals surface area (Å²) in [6.45, 7) is 1.67. The molecule has 1 heterocycles. The molecule has 0 spiro atoms. The van der Waals surface area contributed by atoms with E-state index in [9.17, 15) is 13.7 Å². The van der Waals surface area contributed by atoms with E-state index in [0.29, 0.717) is 27.0 Å². The van der Waals surface area contributed by atoms with Gasteiger partial charge in [-0.15, -0.1) is 0 Å². The molecule has 0 bridgehead atoms. The predicted octanol–water partition coefficient (Wildman–Crippen LogP) is 5.48. The van der Waals surface area contributed by atoms with Crippen LogP contribution in [0.2, 0.25) is 15.2 Å². The molecule has 0 radical (unpaired) electrons. The predicted molar refractivity (Wildman–Crippen MR) is 111 cm³/mol. The summed E-state index contributed by atoms with van der Waals surface area (Å²) in [6.07, 6.45) is 1.22. The van der Waals surface area contributed by atoms with E-state index in [2.05, 4.69) is 5.10 Å². The number of nitriles is 1. The van der Waals surface area contributed by atoms with Crippen molar-refractivity contribution in [2.45, 2.75) is 11.8 Å². The first-order valence-electron chi connectivity index (χ1n) is 7.87. The number of hydrogen-bond donors (Lipinski definition) is 0.